The maximum absolute atomic E-state index is 11.1. The van der Waals surface area contributed by atoms with Crippen molar-refractivity contribution < 1.29 is 33.8 Å². The van der Waals surface area contributed by atoms with Crippen LogP contribution in [0, 0.1) is 11.8 Å². The normalized spacial score (nSPS) is 27.4. The van der Waals surface area contributed by atoms with E-state index in [9.17, 15) is 14.2 Å². The Kier molecular flexibility index (Phi) is 4.27. The number of hydrogen-bond acceptors (Lipinski definition) is 3. The predicted molar refractivity (Wildman–Crippen MR) is 60.2 cm³/mol. The van der Waals surface area contributed by atoms with Crippen LogP contribution in [0.4, 0.5) is 0 Å². The van der Waals surface area contributed by atoms with Crippen molar-refractivity contribution in [3.8, 4) is 0 Å². The van der Waals surface area contributed by atoms with Gasteiger partial charge in [0.1, 0.15) is 0 Å². The van der Waals surface area contributed by atoms with Crippen LogP contribution in [-0.2, 0) is 9.13 Å². The molecule has 0 saturated heterocycles. The van der Waals surface area contributed by atoms with Crippen molar-refractivity contribution in [1.82, 2.24) is 0 Å². The van der Waals surface area contributed by atoms with E-state index in [0.29, 0.717) is 18.8 Å². The first-order valence-corrected chi connectivity index (χ1v) is 8.53. The molecule has 1 aliphatic carbocycles. The van der Waals surface area contributed by atoms with Gasteiger partial charge in [0.05, 0.1) is 0 Å². The highest BCUT2D eigenvalue weighted by Crippen LogP contribution is 2.70. The molecule has 0 spiro atoms. The first-order chi connectivity index (χ1) is 7.47. The molecule has 1 saturated carbocycles. The van der Waals surface area contributed by atoms with E-state index in [1.807, 2.05) is 6.92 Å². The first-order valence-electron chi connectivity index (χ1n) is 5.31. The summed E-state index contributed by atoms with van der Waals surface area (Å²) in [5, 5.41) is 6.46. The lowest BCUT2D eigenvalue weighted by molar-refractivity contribution is 0.107. The van der Waals surface area contributed by atoms with Gasteiger partial charge >= 0.3 is 15.2 Å². The molecular formula is C8H18O7P2. The van der Waals surface area contributed by atoms with Crippen molar-refractivity contribution in [3.63, 3.8) is 0 Å². The molecule has 2 atom stereocenters. The van der Waals surface area contributed by atoms with Gasteiger partial charge in [-0.25, -0.2) is 0 Å². The first kappa shape index (κ1) is 15.3. The summed E-state index contributed by atoms with van der Waals surface area (Å²) in [4.78, 5) is 35.9. The average molecular weight is 288 g/mol. The van der Waals surface area contributed by atoms with Crippen LogP contribution in [0.2, 0.25) is 0 Å². The smallest absolute Gasteiger partial charge is 0.368 e. The van der Waals surface area contributed by atoms with E-state index in [0.717, 1.165) is 6.42 Å². The van der Waals surface area contributed by atoms with Crippen LogP contribution in [0.25, 0.3) is 0 Å². The zero-order valence-electron chi connectivity index (χ0n) is 9.43. The van der Waals surface area contributed by atoms with E-state index in [1.165, 1.54) is 0 Å². The second-order valence-corrected chi connectivity index (χ2v) is 8.86. The molecule has 102 valence electrons. The van der Waals surface area contributed by atoms with Crippen molar-refractivity contribution in [2.45, 2.75) is 37.7 Å². The average Bonchev–Trinajstić information content (AvgIpc) is 2.47. The third-order valence-corrected chi connectivity index (χ3v) is 7.09. The van der Waals surface area contributed by atoms with Gasteiger partial charge in [-0.15, -0.1) is 0 Å². The van der Waals surface area contributed by atoms with Crippen LogP contribution < -0.4 is 0 Å². The molecule has 0 heterocycles. The molecule has 0 amide bonds. The van der Waals surface area contributed by atoms with Gasteiger partial charge in [0.15, 0.2) is 0 Å². The Morgan fingerprint density at radius 3 is 1.88 bits per heavy atom. The van der Waals surface area contributed by atoms with Crippen LogP contribution in [-0.4, -0.2) is 29.8 Å². The van der Waals surface area contributed by atoms with Gasteiger partial charge in [-0.05, 0) is 18.3 Å². The quantitative estimate of drug-likeness (QED) is 0.483. The van der Waals surface area contributed by atoms with Crippen LogP contribution in [0.5, 0.6) is 0 Å². The monoisotopic (exact) mass is 288 g/mol. The molecule has 0 aromatic heterocycles. The lowest BCUT2D eigenvalue weighted by Gasteiger charge is -2.31. The van der Waals surface area contributed by atoms with E-state index in [2.05, 4.69) is 0 Å². The highest BCUT2D eigenvalue weighted by Gasteiger charge is 2.60. The molecule has 9 heteroatoms. The van der Waals surface area contributed by atoms with Crippen LogP contribution in [0.3, 0.4) is 0 Å². The van der Waals surface area contributed by atoms with Gasteiger partial charge in [-0.1, -0.05) is 19.8 Å². The van der Waals surface area contributed by atoms with Crippen LogP contribution in [0.15, 0.2) is 0 Å². The van der Waals surface area contributed by atoms with Crippen LogP contribution >= 0.6 is 15.2 Å². The van der Waals surface area contributed by atoms with E-state index in [-0.39, 0.29) is 5.92 Å². The molecule has 7 nitrogen and oxygen atoms in total. The van der Waals surface area contributed by atoms with Crippen molar-refractivity contribution in [2.24, 2.45) is 11.8 Å². The molecule has 1 rings (SSSR count). The lowest BCUT2D eigenvalue weighted by atomic mass is 10.0. The van der Waals surface area contributed by atoms with Crippen molar-refractivity contribution in [2.75, 3.05) is 0 Å². The summed E-state index contributed by atoms with van der Waals surface area (Å²) in [5.41, 5.74) is 0. The second-order valence-electron chi connectivity index (χ2n) is 4.85. The zero-order valence-corrected chi connectivity index (χ0v) is 11.2. The standard InChI is InChI=1S/C8H18O7P2/c1-6-2-3-7(4-6)5-8(9,16(10,11)12)17(13,14)15/h6-7,9H,2-5H2,1H3,(H2,10,11,12)(H2,13,14,15)/t6-,7-/m0/s1. The number of hydrogen-bond donors (Lipinski definition) is 5. The predicted octanol–water partition coefficient (Wildman–Crippen LogP) is 0.814. The molecule has 0 unspecified atom stereocenters. The highest BCUT2D eigenvalue weighted by atomic mass is 31.2. The van der Waals surface area contributed by atoms with Crippen molar-refractivity contribution in [3.05, 3.63) is 0 Å². The third kappa shape index (κ3) is 3.18. The molecule has 0 aliphatic heterocycles. The summed E-state index contributed by atoms with van der Waals surface area (Å²) in [6.45, 7) is 1.95. The van der Waals surface area contributed by atoms with Gasteiger partial charge in [0, 0.05) is 6.42 Å². The van der Waals surface area contributed by atoms with Gasteiger partial charge in [-0.3, -0.25) is 9.13 Å². The summed E-state index contributed by atoms with van der Waals surface area (Å²) in [5.74, 6) is 0.0769. The minimum Gasteiger partial charge on any atom is -0.368 e. The molecule has 0 aromatic carbocycles. The van der Waals surface area contributed by atoms with Gasteiger partial charge in [0.2, 0.25) is 0 Å². The van der Waals surface area contributed by atoms with Crippen molar-refractivity contribution in [1.29, 1.82) is 0 Å². The SMILES string of the molecule is C[C@H]1CC[C@H](CC(O)(P(=O)(O)O)P(=O)(O)O)C1. The molecule has 0 aromatic rings. The fourth-order valence-corrected chi connectivity index (χ4v) is 4.65. The fourth-order valence-electron chi connectivity index (χ4n) is 2.31. The molecule has 1 aliphatic rings. The second kappa shape index (κ2) is 4.74. The maximum Gasteiger partial charge on any atom is 0.369 e. The minimum atomic E-state index is -5.29. The summed E-state index contributed by atoms with van der Waals surface area (Å²) in [7, 11) is -10.6. The van der Waals surface area contributed by atoms with Gasteiger partial charge < -0.3 is 24.7 Å². The fraction of sp³-hybridized carbons (Fsp3) is 1.00. The Bertz CT molecular complexity index is 348. The molecule has 17 heavy (non-hydrogen) atoms. The summed E-state index contributed by atoms with van der Waals surface area (Å²) < 4.78 is 22.2. The minimum absolute atomic E-state index is 0.268. The Balaban J connectivity index is 2.94. The third-order valence-electron chi connectivity index (χ3n) is 3.30. The molecule has 0 radical (unpaired) electrons. The molecule has 1 fully saturated rings. The summed E-state index contributed by atoms with van der Waals surface area (Å²) >= 11 is 0. The van der Waals surface area contributed by atoms with E-state index in [1.54, 1.807) is 0 Å². The summed E-state index contributed by atoms with van der Waals surface area (Å²) in [6, 6.07) is 0. The molecule has 0 bridgehead atoms. The van der Waals surface area contributed by atoms with E-state index >= 15 is 0 Å². The van der Waals surface area contributed by atoms with Gasteiger partial charge in [-0.2, -0.15) is 0 Å². The topological polar surface area (TPSA) is 135 Å². The largest absolute Gasteiger partial charge is 0.369 e. The number of aliphatic hydroxyl groups is 1. The lowest BCUT2D eigenvalue weighted by Crippen LogP contribution is -2.31. The maximum atomic E-state index is 11.1. The highest BCUT2D eigenvalue weighted by molar-refractivity contribution is 7.72. The molecular weight excluding hydrogens is 270 g/mol. The Labute approximate surface area is 99.2 Å². The Morgan fingerprint density at radius 1 is 1.12 bits per heavy atom. The number of rotatable bonds is 4. The van der Waals surface area contributed by atoms with Crippen LogP contribution in [0.1, 0.15) is 32.6 Å². The zero-order chi connectivity index (χ0) is 13.5. The summed E-state index contributed by atoms with van der Waals surface area (Å²) in [6.07, 6.45) is 1.50. The van der Waals surface area contributed by atoms with E-state index in [4.69, 9.17) is 19.6 Å². The van der Waals surface area contributed by atoms with E-state index < -0.39 is 26.7 Å². The Morgan fingerprint density at radius 2 is 1.59 bits per heavy atom. The molecule has 5 N–H and O–H groups in total. The van der Waals surface area contributed by atoms with Gasteiger partial charge in [0.25, 0.3) is 5.08 Å². The Hall–Kier alpha value is 0.260. The van der Waals surface area contributed by atoms with Crippen molar-refractivity contribution >= 4 is 15.2 Å².